The summed E-state index contributed by atoms with van der Waals surface area (Å²) in [6.07, 6.45) is 3.79. The van der Waals surface area contributed by atoms with E-state index in [4.69, 9.17) is 0 Å². The molecule has 1 saturated heterocycles. The van der Waals surface area contributed by atoms with Crippen LogP contribution in [0.2, 0.25) is 0 Å². The summed E-state index contributed by atoms with van der Waals surface area (Å²) in [5.74, 6) is 6.35. The van der Waals surface area contributed by atoms with Crippen molar-refractivity contribution >= 4 is 11.8 Å². The summed E-state index contributed by atoms with van der Waals surface area (Å²) < 4.78 is 12.9. The number of benzene rings is 1. The van der Waals surface area contributed by atoms with Gasteiger partial charge in [-0.25, -0.2) is 14.2 Å². The molecule has 1 spiro atoms. The van der Waals surface area contributed by atoms with Crippen LogP contribution >= 0.6 is 0 Å². The Morgan fingerprint density at radius 3 is 2.33 bits per heavy atom. The molecular formula is C19H16FN3O. The summed E-state index contributed by atoms with van der Waals surface area (Å²) >= 11 is 0. The number of pyridine rings is 1. The summed E-state index contributed by atoms with van der Waals surface area (Å²) in [7, 11) is 1.86. The number of carbonyl (C=O) groups excluding carboxylic acids is 1. The van der Waals surface area contributed by atoms with Crippen molar-refractivity contribution in [2.45, 2.75) is 18.4 Å². The molecular weight excluding hydrogens is 305 g/mol. The summed E-state index contributed by atoms with van der Waals surface area (Å²) in [6.45, 7) is 0.704. The zero-order valence-electron chi connectivity index (χ0n) is 13.3. The maximum atomic E-state index is 12.9. The lowest BCUT2D eigenvalue weighted by Crippen LogP contribution is -2.32. The molecule has 0 N–H and O–H groups in total. The monoisotopic (exact) mass is 321 g/mol. The number of hydrogen-bond donors (Lipinski definition) is 0. The molecule has 24 heavy (non-hydrogen) atoms. The average Bonchev–Trinajstić information content (AvgIpc) is 3.35. The van der Waals surface area contributed by atoms with Gasteiger partial charge < -0.3 is 4.90 Å². The first-order valence-electron chi connectivity index (χ1n) is 7.86. The van der Waals surface area contributed by atoms with E-state index in [1.807, 2.05) is 24.1 Å². The number of urea groups is 1. The molecule has 0 radical (unpaired) electrons. The van der Waals surface area contributed by atoms with Gasteiger partial charge in [-0.1, -0.05) is 11.8 Å². The SMILES string of the molecule is CN1C(=O)N(c2ccc(C#Cc3ccc(F)cc3)cn2)CC12CC2. The first-order chi connectivity index (χ1) is 11.6. The zero-order chi connectivity index (χ0) is 16.7. The molecule has 0 bridgehead atoms. The van der Waals surface area contributed by atoms with Crippen LogP contribution in [0.4, 0.5) is 15.0 Å². The van der Waals surface area contributed by atoms with Crippen molar-refractivity contribution < 1.29 is 9.18 Å². The predicted molar refractivity (Wildman–Crippen MR) is 89.1 cm³/mol. The van der Waals surface area contributed by atoms with Gasteiger partial charge in [0.15, 0.2) is 0 Å². The maximum absolute atomic E-state index is 12.9. The van der Waals surface area contributed by atoms with Crippen LogP contribution in [0.25, 0.3) is 0 Å². The van der Waals surface area contributed by atoms with Crippen molar-refractivity contribution in [2.24, 2.45) is 0 Å². The van der Waals surface area contributed by atoms with Crippen LogP contribution < -0.4 is 4.90 Å². The van der Waals surface area contributed by atoms with Gasteiger partial charge >= 0.3 is 6.03 Å². The Labute approximate surface area is 139 Å². The maximum Gasteiger partial charge on any atom is 0.326 e. The number of aromatic nitrogens is 1. The third kappa shape index (κ3) is 2.50. The van der Waals surface area contributed by atoms with Crippen molar-refractivity contribution in [3.05, 3.63) is 59.5 Å². The van der Waals surface area contributed by atoms with Crippen LogP contribution in [0.5, 0.6) is 0 Å². The standard InChI is InChI=1S/C19H16FN3O/c1-22-18(24)23(13-19(22)10-11-19)17-9-6-15(12-21-17)3-2-14-4-7-16(20)8-5-14/h4-9,12H,10-11,13H2,1H3. The van der Waals surface area contributed by atoms with E-state index in [1.165, 1.54) is 12.1 Å². The molecule has 0 unspecified atom stereocenters. The number of amides is 2. The Hall–Kier alpha value is -2.87. The number of nitrogens with zero attached hydrogens (tertiary/aromatic N) is 3. The number of halogens is 1. The fourth-order valence-corrected chi connectivity index (χ4v) is 2.97. The van der Waals surface area contributed by atoms with Crippen molar-refractivity contribution in [1.29, 1.82) is 0 Å². The minimum absolute atomic E-state index is 0.00477. The van der Waals surface area contributed by atoms with Crippen LogP contribution in [0.3, 0.4) is 0 Å². The van der Waals surface area contributed by atoms with Gasteiger partial charge in [0.2, 0.25) is 0 Å². The largest absolute Gasteiger partial charge is 0.326 e. The topological polar surface area (TPSA) is 36.4 Å². The van der Waals surface area contributed by atoms with Crippen molar-refractivity contribution in [1.82, 2.24) is 9.88 Å². The number of likely N-dealkylation sites (N-methyl/N-ethyl adjacent to an activating group) is 1. The van der Waals surface area contributed by atoms with Crippen LogP contribution in [-0.2, 0) is 0 Å². The summed E-state index contributed by atoms with van der Waals surface area (Å²) in [6, 6.07) is 9.72. The number of hydrogen-bond acceptors (Lipinski definition) is 2. The van der Waals surface area contributed by atoms with Crippen LogP contribution in [0.15, 0.2) is 42.6 Å². The lowest BCUT2D eigenvalue weighted by atomic mass is 10.2. The molecule has 2 heterocycles. The van der Waals surface area contributed by atoms with E-state index in [0.717, 1.165) is 24.0 Å². The minimum Gasteiger partial charge on any atom is -0.320 e. The fourth-order valence-electron chi connectivity index (χ4n) is 2.97. The highest BCUT2D eigenvalue weighted by atomic mass is 19.1. The van der Waals surface area contributed by atoms with Gasteiger partial charge in [-0.3, -0.25) is 4.90 Å². The van der Waals surface area contributed by atoms with Gasteiger partial charge in [0, 0.05) is 24.4 Å². The first kappa shape index (κ1) is 14.7. The Balaban J connectivity index is 1.51. The molecule has 120 valence electrons. The molecule has 1 aromatic heterocycles. The van der Waals surface area contributed by atoms with Crippen LogP contribution in [0.1, 0.15) is 24.0 Å². The molecule has 2 aliphatic rings. The lowest BCUT2D eigenvalue weighted by Gasteiger charge is -2.15. The summed E-state index contributed by atoms with van der Waals surface area (Å²) in [5.41, 5.74) is 1.52. The second-order valence-electron chi connectivity index (χ2n) is 6.31. The molecule has 2 amide bonds. The molecule has 2 aromatic rings. The first-order valence-corrected chi connectivity index (χ1v) is 7.86. The molecule has 1 aromatic carbocycles. The molecule has 2 fully saturated rings. The molecule has 1 aliphatic carbocycles. The van der Waals surface area contributed by atoms with Crippen molar-refractivity contribution in [2.75, 3.05) is 18.5 Å². The number of rotatable bonds is 1. The molecule has 1 aliphatic heterocycles. The Morgan fingerprint density at radius 1 is 1.08 bits per heavy atom. The van der Waals surface area contributed by atoms with Gasteiger partial charge in [-0.2, -0.15) is 0 Å². The zero-order valence-corrected chi connectivity index (χ0v) is 13.3. The van der Waals surface area contributed by atoms with Crippen molar-refractivity contribution in [3.8, 4) is 11.8 Å². The summed E-state index contributed by atoms with van der Waals surface area (Å²) in [5, 5.41) is 0. The predicted octanol–water partition coefficient (Wildman–Crippen LogP) is 3.02. The van der Waals surface area contributed by atoms with E-state index in [2.05, 4.69) is 16.8 Å². The van der Waals surface area contributed by atoms with E-state index >= 15 is 0 Å². The van der Waals surface area contributed by atoms with Crippen molar-refractivity contribution in [3.63, 3.8) is 0 Å². The van der Waals surface area contributed by atoms with E-state index < -0.39 is 0 Å². The van der Waals surface area contributed by atoms with Gasteiger partial charge in [0.05, 0.1) is 12.1 Å². The Kier molecular flexibility index (Phi) is 3.27. The van der Waals surface area contributed by atoms with E-state index in [0.29, 0.717) is 12.4 Å². The smallest absolute Gasteiger partial charge is 0.320 e. The van der Waals surface area contributed by atoms with Crippen LogP contribution in [0, 0.1) is 17.7 Å². The Morgan fingerprint density at radius 2 is 1.75 bits per heavy atom. The van der Waals surface area contributed by atoms with E-state index in [9.17, 15) is 9.18 Å². The van der Waals surface area contributed by atoms with E-state index in [1.54, 1.807) is 23.2 Å². The number of carbonyl (C=O) groups is 1. The van der Waals surface area contributed by atoms with Crippen LogP contribution in [-0.4, -0.2) is 35.0 Å². The highest BCUT2D eigenvalue weighted by Crippen LogP contribution is 2.46. The van der Waals surface area contributed by atoms with Gasteiger partial charge in [0.25, 0.3) is 0 Å². The van der Waals surface area contributed by atoms with E-state index in [-0.39, 0.29) is 17.4 Å². The Bertz CT molecular complexity index is 845. The molecule has 1 saturated carbocycles. The molecule has 5 heteroatoms. The molecule has 4 nitrogen and oxygen atoms in total. The third-order valence-corrected chi connectivity index (χ3v) is 4.73. The average molecular weight is 321 g/mol. The highest BCUT2D eigenvalue weighted by Gasteiger charge is 2.56. The minimum atomic E-state index is -0.278. The van der Waals surface area contributed by atoms with Gasteiger partial charge in [0.1, 0.15) is 11.6 Å². The fraction of sp³-hybridized carbons (Fsp3) is 0.263. The third-order valence-electron chi connectivity index (χ3n) is 4.73. The second-order valence-corrected chi connectivity index (χ2v) is 6.31. The summed E-state index contributed by atoms with van der Waals surface area (Å²) in [4.78, 5) is 20.3. The quantitative estimate of drug-likeness (QED) is 0.757. The number of anilines is 1. The highest BCUT2D eigenvalue weighted by molar-refractivity contribution is 5.94. The second kappa shape index (κ2) is 5.34. The molecule has 4 rings (SSSR count). The lowest BCUT2D eigenvalue weighted by molar-refractivity contribution is 0.215. The normalized spacial score (nSPS) is 17.8. The van der Waals surface area contributed by atoms with Gasteiger partial charge in [-0.05, 0) is 49.2 Å². The van der Waals surface area contributed by atoms with Gasteiger partial charge in [-0.15, -0.1) is 0 Å². The molecule has 0 atom stereocenters.